The largest absolute Gasteiger partial charge is 0.490 e. The maximum Gasteiger partial charge on any atom is 0.234 e. The predicted octanol–water partition coefficient (Wildman–Crippen LogP) is 3.39. The van der Waals surface area contributed by atoms with Gasteiger partial charge < -0.3 is 14.8 Å². The van der Waals surface area contributed by atoms with Crippen LogP contribution in [0.3, 0.4) is 0 Å². The number of benzene rings is 1. The van der Waals surface area contributed by atoms with Crippen LogP contribution in [0.25, 0.3) is 0 Å². The van der Waals surface area contributed by atoms with Crippen LogP contribution in [0.4, 0.5) is 0 Å². The van der Waals surface area contributed by atoms with Gasteiger partial charge in [-0.15, -0.1) is 0 Å². The first kappa shape index (κ1) is 19.0. The van der Waals surface area contributed by atoms with E-state index in [2.05, 4.69) is 31.0 Å². The zero-order chi connectivity index (χ0) is 18.5. The van der Waals surface area contributed by atoms with Crippen LogP contribution in [-0.2, 0) is 4.79 Å². The first-order valence-corrected chi connectivity index (χ1v) is 9.94. The van der Waals surface area contributed by atoms with Crippen LogP contribution in [-0.4, -0.2) is 43.7 Å². The third-order valence-electron chi connectivity index (χ3n) is 5.22. The highest BCUT2D eigenvalue weighted by molar-refractivity contribution is 5.78. The summed E-state index contributed by atoms with van der Waals surface area (Å²) in [7, 11) is 0. The molecule has 1 fully saturated rings. The normalized spacial score (nSPS) is 21.9. The molecule has 0 aliphatic carbocycles. The van der Waals surface area contributed by atoms with Gasteiger partial charge in [0, 0.05) is 13.0 Å². The van der Waals surface area contributed by atoms with Gasteiger partial charge in [-0.25, -0.2) is 0 Å². The molecule has 2 aliphatic rings. The van der Waals surface area contributed by atoms with E-state index in [1.807, 2.05) is 18.2 Å². The first-order valence-electron chi connectivity index (χ1n) is 9.94. The maximum atomic E-state index is 12.6. The van der Waals surface area contributed by atoms with E-state index in [0.717, 1.165) is 36.6 Å². The van der Waals surface area contributed by atoms with Crippen LogP contribution in [0, 0.1) is 11.8 Å². The number of rotatable bonds is 5. The van der Waals surface area contributed by atoms with Crippen LogP contribution < -0.4 is 14.8 Å². The van der Waals surface area contributed by atoms with Gasteiger partial charge in [0.25, 0.3) is 0 Å². The van der Waals surface area contributed by atoms with Crippen molar-refractivity contribution in [1.82, 2.24) is 10.2 Å². The highest BCUT2D eigenvalue weighted by Gasteiger charge is 2.23. The Morgan fingerprint density at radius 2 is 2.00 bits per heavy atom. The Kier molecular flexibility index (Phi) is 6.41. The average Bonchev–Trinajstić information content (AvgIpc) is 2.84. The highest BCUT2D eigenvalue weighted by Crippen LogP contribution is 2.34. The van der Waals surface area contributed by atoms with E-state index in [1.54, 1.807) is 0 Å². The Morgan fingerprint density at radius 1 is 1.23 bits per heavy atom. The minimum absolute atomic E-state index is 0.0260. The topological polar surface area (TPSA) is 50.8 Å². The Balaban J connectivity index is 1.67. The molecular weight excluding hydrogens is 328 g/mol. The van der Waals surface area contributed by atoms with E-state index in [-0.39, 0.29) is 11.9 Å². The molecule has 1 N–H and O–H groups in total. The number of nitrogens with one attached hydrogen (secondary N) is 1. The molecule has 0 saturated carbocycles. The van der Waals surface area contributed by atoms with E-state index in [9.17, 15) is 4.79 Å². The molecule has 0 aromatic heterocycles. The molecule has 5 heteroatoms. The van der Waals surface area contributed by atoms with Crippen molar-refractivity contribution in [1.29, 1.82) is 0 Å². The van der Waals surface area contributed by atoms with Crippen molar-refractivity contribution < 1.29 is 14.3 Å². The zero-order valence-corrected chi connectivity index (χ0v) is 16.3. The molecule has 26 heavy (non-hydrogen) atoms. The molecule has 2 aliphatic heterocycles. The number of nitrogens with zero attached hydrogens (tertiary/aromatic N) is 1. The second-order valence-electron chi connectivity index (χ2n) is 8.03. The molecule has 1 saturated heterocycles. The summed E-state index contributed by atoms with van der Waals surface area (Å²) in [5, 5.41) is 3.24. The SMILES string of the molecule is CC(C)[C@H](NC(=O)CN1CCC[C@@H](C)C1)c1ccc2c(c1)OCCCO2. The van der Waals surface area contributed by atoms with Crippen molar-refractivity contribution in [3.05, 3.63) is 23.8 Å². The van der Waals surface area contributed by atoms with Crippen molar-refractivity contribution in [3.8, 4) is 11.5 Å². The second-order valence-corrected chi connectivity index (χ2v) is 8.03. The fraction of sp³-hybridized carbons (Fsp3) is 0.667. The van der Waals surface area contributed by atoms with E-state index in [0.29, 0.717) is 31.6 Å². The zero-order valence-electron chi connectivity index (χ0n) is 16.3. The number of ether oxygens (including phenoxy) is 2. The van der Waals surface area contributed by atoms with Gasteiger partial charge in [0.1, 0.15) is 0 Å². The van der Waals surface area contributed by atoms with Crippen LogP contribution in [0.2, 0.25) is 0 Å². The van der Waals surface area contributed by atoms with Crippen LogP contribution in [0.5, 0.6) is 11.5 Å². The van der Waals surface area contributed by atoms with Crippen LogP contribution >= 0.6 is 0 Å². The van der Waals surface area contributed by atoms with Gasteiger partial charge >= 0.3 is 0 Å². The second kappa shape index (κ2) is 8.76. The molecule has 2 heterocycles. The third kappa shape index (κ3) is 4.91. The minimum Gasteiger partial charge on any atom is -0.490 e. The highest BCUT2D eigenvalue weighted by atomic mass is 16.5. The molecule has 3 rings (SSSR count). The Labute approximate surface area is 157 Å². The molecule has 0 spiro atoms. The van der Waals surface area contributed by atoms with Crippen molar-refractivity contribution in [2.24, 2.45) is 11.8 Å². The first-order chi connectivity index (χ1) is 12.5. The fourth-order valence-corrected chi connectivity index (χ4v) is 3.86. The smallest absolute Gasteiger partial charge is 0.234 e. The summed E-state index contributed by atoms with van der Waals surface area (Å²) < 4.78 is 11.5. The summed E-state index contributed by atoms with van der Waals surface area (Å²) in [4.78, 5) is 14.9. The van der Waals surface area contributed by atoms with Gasteiger partial charge in [0.05, 0.1) is 25.8 Å². The molecule has 2 atom stereocenters. The standard InChI is InChI=1S/C21H32N2O3/c1-15(2)21(22-20(24)14-23-9-4-6-16(3)13-23)17-7-8-18-19(12-17)26-11-5-10-25-18/h7-8,12,15-16,21H,4-6,9-11,13-14H2,1-3H3,(H,22,24)/t16-,21+/m1/s1. The number of amides is 1. The van der Waals surface area contributed by atoms with Crippen molar-refractivity contribution in [2.45, 2.75) is 46.1 Å². The molecule has 1 aromatic rings. The number of fused-ring (bicyclic) bond motifs is 1. The number of carbonyl (C=O) groups is 1. The Morgan fingerprint density at radius 3 is 2.73 bits per heavy atom. The molecule has 144 valence electrons. The third-order valence-corrected chi connectivity index (χ3v) is 5.22. The quantitative estimate of drug-likeness (QED) is 0.874. The van der Waals surface area contributed by atoms with E-state index >= 15 is 0 Å². The fourth-order valence-electron chi connectivity index (χ4n) is 3.86. The number of likely N-dealkylation sites (tertiary alicyclic amines) is 1. The summed E-state index contributed by atoms with van der Waals surface area (Å²) in [6, 6.07) is 6.00. The van der Waals surface area contributed by atoms with Crippen molar-refractivity contribution in [3.63, 3.8) is 0 Å². The summed E-state index contributed by atoms with van der Waals surface area (Å²) >= 11 is 0. The minimum atomic E-state index is -0.0260. The molecule has 0 unspecified atom stereocenters. The monoisotopic (exact) mass is 360 g/mol. The lowest BCUT2D eigenvalue weighted by molar-refractivity contribution is -0.123. The maximum absolute atomic E-state index is 12.6. The predicted molar refractivity (Wildman–Crippen MR) is 103 cm³/mol. The molecule has 0 bridgehead atoms. The molecule has 0 radical (unpaired) electrons. The van der Waals surface area contributed by atoms with Crippen molar-refractivity contribution >= 4 is 5.91 Å². The van der Waals surface area contributed by atoms with Gasteiger partial charge in [0.2, 0.25) is 5.91 Å². The van der Waals surface area contributed by atoms with E-state index in [4.69, 9.17) is 9.47 Å². The number of carbonyl (C=O) groups excluding carboxylic acids is 1. The molecule has 1 amide bonds. The van der Waals surface area contributed by atoms with E-state index < -0.39 is 0 Å². The lowest BCUT2D eigenvalue weighted by Crippen LogP contribution is -2.43. The summed E-state index contributed by atoms with van der Waals surface area (Å²) in [5.74, 6) is 2.65. The van der Waals surface area contributed by atoms with Gasteiger partial charge in [-0.3, -0.25) is 9.69 Å². The van der Waals surface area contributed by atoms with Gasteiger partial charge in [0.15, 0.2) is 11.5 Å². The van der Waals surface area contributed by atoms with Crippen molar-refractivity contribution in [2.75, 3.05) is 32.8 Å². The molecular formula is C21H32N2O3. The summed E-state index contributed by atoms with van der Waals surface area (Å²) in [6.07, 6.45) is 3.34. The van der Waals surface area contributed by atoms with Gasteiger partial charge in [-0.1, -0.05) is 26.8 Å². The summed E-state index contributed by atoms with van der Waals surface area (Å²) in [6.45, 7) is 10.4. The molecule has 5 nitrogen and oxygen atoms in total. The van der Waals surface area contributed by atoms with E-state index in [1.165, 1.54) is 12.8 Å². The van der Waals surface area contributed by atoms with Crippen LogP contribution in [0.1, 0.15) is 51.6 Å². The molecule has 1 aromatic carbocycles. The lowest BCUT2D eigenvalue weighted by Gasteiger charge is -2.31. The Hall–Kier alpha value is -1.75. The van der Waals surface area contributed by atoms with Crippen LogP contribution in [0.15, 0.2) is 18.2 Å². The number of piperidine rings is 1. The van der Waals surface area contributed by atoms with Gasteiger partial charge in [-0.2, -0.15) is 0 Å². The lowest BCUT2D eigenvalue weighted by atomic mass is 9.95. The average molecular weight is 360 g/mol. The van der Waals surface area contributed by atoms with Gasteiger partial charge in [-0.05, 0) is 48.9 Å². The number of hydrogen-bond acceptors (Lipinski definition) is 4. The summed E-state index contributed by atoms with van der Waals surface area (Å²) in [5.41, 5.74) is 1.07. The Bertz CT molecular complexity index is 617. The number of hydrogen-bond donors (Lipinski definition) is 1.